The maximum Gasteiger partial charge on any atom is 0.268 e. The topological polar surface area (TPSA) is 118 Å². The van der Waals surface area contributed by atoms with E-state index in [1.54, 1.807) is 30.1 Å². The van der Waals surface area contributed by atoms with E-state index in [1.165, 1.54) is 6.20 Å². The second-order valence-corrected chi connectivity index (χ2v) is 5.85. The average Bonchev–Trinajstić information content (AvgIpc) is 3.22. The Kier molecular flexibility index (Phi) is 3.52. The van der Waals surface area contributed by atoms with Crippen molar-refractivity contribution >= 4 is 16.7 Å². The van der Waals surface area contributed by atoms with Gasteiger partial charge in [-0.1, -0.05) is 0 Å². The number of pyridine rings is 1. The maximum atomic E-state index is 14.5. The number of aromatic amines is 1. The number of nitrogens with zero attached hydrogens (tertiary/aromatic N) is 5. The summed E-state index contributed by atoms with van der Waals surface area (Å²) >= 11 is 0. The summed E-state index contributed by atoms with van der Waals surface area (Å²) in [7, 11) is 1.71. The van der Waals surface area contributed by atoms with Gasteiger partial charge in [0.05, 0.1) is 22.8 Å². The zero-order valence-electron chi connectivity index (χ0n) is 13.9. The molecule has 0 radical (unpaired) electrons. The Hall–Kier alpha value is -4.00. The average molecular weight is 367 g/mol. The minimum Gasteiger partial charge on any atom is -0.382 e. The monoisotopic (exact) mass is 367 g/mol. The van der Waals surface area contributed by atoms with Crippen molar-refractivity contribution in [3.63, 3.8) is 0 Å². The van der Waals surface area contributed by atoms with E-state index < -0.39 is 22.9 Å². The Labute approximate surface area is 150 Å². The lowest BCUT2D eigenvalue weighted by Gasteiger charge is -2.11. The normalized spacial score (nSPS) is 11.0. The van der Waals surface area contributed by atoms with Crippen LogP contribution >= 0.6 is 0 Å². The fraction of sp³-hybridized carbons (Fsp3) is 0.0588. The lowest BCUT2D eigenvalue weighted by molar-refractivity contribution is 0.566. The summed E-state index contributed by atoms with van der Waals surface area (Å²) in [6.45, 7) is 0. The number of halogens is 2. The molecule has 3 N–H and O–H groups in total. The Balaban J connectivity index is 2.12. The molecule has 134 valence electrons. The van der Waals surface area contributed by atoms with Crippen molar-refractivity contribution in [2.24, 2.45) is 7.05 Å². The number of nitriles is 1. The first kappa shape index (κ1) is 16.5. The van der Waals surface area contributed by atoms with Gasteiger partial charge in [0.2, 0.25) is 0 Å². The van der Waals surface area contributed by atoms with Crippen LogP contribution < -0.4 is 11.3 Å². The maximum absolute atomic E-state index is 14.5. The number of nitrogens with two attached hydrogens (primary N) is 1. The third-order valence-corrected chi connectivity index (χ3v) is 4.13. The van der Waals surface area contributed by atoms with Crippen molar-refractivity contribution in [1.29, 1.82) is 5.26 Å². The molecule has 0 saturated carbocycles. The SMILES string of the molecule is Cn1ccc(-c2cn(-c3c(F)cc(C#N)cc3F)c(=O)c3c(N)n[nH]c23)n1. The third-order valence-electron chi connectivity index (χ3n) is 4.13. The van der Waals surface area contributed by atoms with Gasteiger partial charge in [0.25, 0.3) is 5.56 Å². The van der Waals surface area contributed by atoms with E-state index in [-0.39, 0.29) is 16.8 Å². The number of anilines is 1. The van der Waals surface area contributed by atoms with Crippen LogP contribution in [0.5, 0.6) is 0 Å². The van der Waals surface area contributed by atoms with Crippen molar-refractivity contribution in [3.8, 4) is 23.0 Å². The molecular formula is C17H11F2N7O. The number of aromatic nitrogens is 5. The van der Waals surface area contributed by atoms with E-state index in [0.717, 1.165) is 16.7 Å². The quantitative estimate of drug-likeness (QED) is 0.560. The molecule has 4 rings (SSSR count). The van der Waals surface area contributed by atoms with Gasteiger partial charge in [-0.05, 0) is 18.2 Å². The summed E-state index contributed by atoms with van der Waals surface area (Å²) in [6, 6.07) is 5.04. The van der Waals surface area contributed by atoms with Crippen molar-refractivity contribution < 1.29 is 8.78 Å². The second-order valence-electron chi connectivity index (χ2n) is 5.85. The molecule has 0 bridgehead atoms. The summed E-state index contributed by atoms with van der Waals surface area (Å²) in [5, 5.41) is 19.6. The number of benzene rings is 1. The van der Waals surface area contributed by atoms with Gasteiger partial charge >= 0.3 is 0 Å². The van der Waals surface area contributed by atoms with Crippen molar-refractivity contribution in [3.05, 3.63) is 58.1 Å². The van der Waals surface area contributed by atoms with Gasteiger partial charge in [-0.15, -0.1) is 0 Å². The Morgan fingerprint density at radius 3 is 2.59 bits per heavy atom. The van der Waals surface area contributed by atoms with Gasteiger partial charge in [0.1, 0.15) is 11.1 Å². The smallest absolute Gasteiger partial charge is 0.268 e. The Bertz CT molecular complexity index is 1290. The van der Waals surface area contributed by atoms with E-state index in [1.807, 2.05) is 0 Å². The Morgan fingerprint density at radius 1 is 1.30 bits per heavy atom. The van der Waals surface area contributed by atoms with Crippen LogP contribution in [0, 0.1) is 23.0 Å². The van der Waals surface area contributed by atoms with Crippen molar-refractivity contribution in [2.75, 3.05) is 5.73 Å². The van der Waals surface area contributed by atoms with Crippen LogP contribution in [0.1, 0.15) is 5.56 Å². The van der Waals surface area contributed by atoms with Crippen LogP contribution in [-0.4, -0.2) is 24.5 Å². The number of nitrogens with one attached hydrogen (secondary N) is 1. The fourth-order valence-electron chi connectivity index (χ4n) is 2.92. The highest BCUT2D eigenvalue weighted by molar-refractivity contribution is 5.97. The molecule has 0 aliphatic carbocycles. The summed E-state index contributed by atoms with van der Waals surface area (Å²) < 4.78 is 31.4. The van der Waals surface area contributed by atoms with Crippen LogP contribution in [0.4, 0.5) is 14.6 Å². The summed E-state index contributed by atoms with van der Waals surface area (Å²) in [6.07, 6.45) is 2.94. The molecule has 0 aliphatic heterocycles. The second kappa shape index (κ2) is 5.77. The van der Waals surface area contributed by atoms with Crippen LogP contribution in [0.2, 0.25) is 0 Å². The standard InChI is InChI=1S/C17H11F2N7O/c1-25-3-2-12(24-25)9-7-26(17(27)13-14(9)22-23-16(13)21)15-10(18)4-8(6-20)5-11(15)19/h2-5,7H,1H3,(H3,21,22,23). The molecule has 0 aliphatic rings. The first-order valence-electron chi connectivity index (χ1n) is 7.69. The molecule has 0 atom stereocenters. The number of hydrogen-bond donors (Lipinski definition) is 2. The molecule has 3 aromatic heterocycles. The molecule has 0 unspecified atom stereocenters. The van der Waals surface area contributed by atoms with Crippen molar-refractivity contribution in [1.82, 2.24) is 24.5 Å². The van der Waals surface area contributed by atoms with Crippen LogP contribution in [0.15, 0.2) is 35.4 Å². The number of fused-ring (bicyclic) bond motifs is 1. The molecule has 8 nitrogen and oxygen atoms in total. The van der Waals surface area contributed by atoms with Crippen molar-refractivity contribution in [2.45, 2.75) is 0 Å². The first-order chi connectivity index (χ1) is 12.9. The highest BCUT2D eigenvalue weighted by atomic mass is 19.1. The third kappa shape index (κ3) is 2.44. The van der Waals surface area contributed by atoms with E-state index in [4.69, 9.17) is 11.0 Å². The fourth-order valence-corrected chi connectivity index (χ4v) is 2.92. The molecular weight excluding hydrogens is 356 g/mol. The molecule has 0 fully saturated rings. The zero-order valence-corrected chi connectivity index (χ0v) is 13.9. The molecule has 0 amide bonds. The number of rotatable bonds is 2. The molecule has 4 aromatic rings. The lowest BCUT2D eigenvalue weighted by atomic mass is 10.1. The van der Waals surface area contributed by atoms with Gasteiger partial charge in [-0.3, -0.25) is 19.1 Å². The predicted octanol–water partition coefficient (Wildman–Crippen LogP) is 1.85. The summed E-state index contributed by atoms with van der Waals surface area (Å²) in [5.74, 6) is -2.21. The number of nitrogen functional groups attached to an aromatic ring is 1. The van der Waals surface area contributed by atoms with E-state index >= 15 is 0 Å². The molecule has 3 heterocycles. The lowest BCUT2D eigenvalue weighted by Crippen LogP contribution is -2.21. The molecule has 0 spiro atoms. The first-order valence-corrected chi connectivity index (χ1v) is 7.69. The highest BCUT2D eigenvalue weighted by Gasteiger charge is 2.21. The van der Waals surface area contributed by atoms with Gasteiger partial charge in [0, 0.05) is 25.0 Å². The van der Waals surface area contributed by atoms with Gasteiger partial charge in [-0.2, -0.15) is 15.5 Å². The molecule has 0 saturated heterocycles. The Morgan fingerprint density at radius 2 is 2.00 bits per heavy atom. The van der Waals surface area contributed by atoms with Crippen LogP contribution in [0.25, 0.3) is 27.8 Å². The van der Waals surface area contributed by atoms with E-state index in [2.05, 4.69) is 15.3 Å². The van der Waals surface area contributed by atoms with E-state index in [9.17, 15) is 13.6 Å². The summed E-state index contributed by atoms with van der Waals surface area (Å²) in [4.78, 5) is 12.9. The molecule has 10 heteroatoms. The molecule has 1 aromatic carbocycles. The van der Waals surface area contributed by atoms with Gasteiger partial charge < -0.3 is 5.73 Å². The minimum atomic E-state index is -1.05. The largest absolute Gasteiger partial charge is 0.382 e. The number of hydrogen-bond acceptors (Lipinski definition) is 5. The number of H-pyrrole nitrogens is 1. The number of aryl methyl sites for hydroxylation is 1. The van der Waals surface area contributed by atoms with E-state index in [0.29, 0.717) is 16.8 Å². The predicted molar refractivity (Wildman–Crippen MR) is 92.9 cm³/mol. The van der Waals surface area contributed by atoms with Gasteiger partial charge in [-0.25, -0.2) is 8.78 Å². The molecule has 27 heavy (non-hydrogen) atoms. The zero-order chi connectivity index (χ0) is 19.3. The summed E-state index contributed by atoms with van der Waals surface area (Å²) in [5.41, 5.74) is 5.37. The minimum absolute atomic E-state index is 0.0127. The van der Waals surface area contributed by atoms with Crippen LogP contribution in [0.3, 0.4) is 0 Å². The highest BCUT2D eigenvalue weighted by Crippen LogP contribution is 2.28. The van der Waals surface area contributed by atoms with Crippen LogP contribution in [-0.2, 0) is 7.05 Å². The van der Waals surface area contributed by atoms with Gasteiger partial charge in [0.15, 0.2) is 17.5 Å².